The number of thioether (sulfide) groups is 1. The first-order chi connectivity index (χ1) is 13.1. The van der Waals surface area contributed by atoms with Crippen LogP contribution in [0.2, 0.25) is 0 Å². The number of halogens is 1. The van der Waals surface area contributed by atoms with E-state index in [1.165, 1.54) is 10.5 Å². The van der Waals surface area contributed by atoms with Gasteiger partial charge in [0.05, 0.1) is 16.0 Å². The van der Waals surface area contributed by atoms with Gasteiger partial charge in [-0.15, -0.1) is 0 Å². The zero-order valence-electron chi connectivity index (χ0n) is 15.0. The summed E-state index contributed by atoms with van der Waals surface area (Å²) in [6, 6.07) is 15.7. The lowest BCUT2D eigenvalue weighted by Crippen LogP contribution is -2.29. The second kappa shape index (κ2) is 9.24. The highest BCUT2D eigenvalue weighted by Gasteiger charge is 2.34. The molecule has 0 atom stereocenters. The fourth-order valence-corrected chi connectivity index (χ4v) is 4.19. The SMILES string of the molecule is CCOc1ccc(/C=C2/SC(=O)N(CCCc3ccccc3)C2=O)cc1Br. The zero-order chi connectivity index (χ0) is 19.2. The van der Waals surface area contributed by atoms with Crippen molar-refractivity contribution in [1.29, 1.82) is 0 Å². The van der Waals surface area contributed by atoms with Gasteiger partial charge in [0.15, 0.2) is 0 Å². The van der Waals surface area contributed by atoms with E-state index < -0.39 is 0 Å². The van der Waals surface area contributed by atoms with Crippen molar-refractivity contribution in [2.24, 2.45) is 0 Å². The second-order valence-corrected chi connectivity index (χ2v) is 7.89. The molecule has 0 saturated carbocycles. The van der Waals surface area contributed by atoms with E-state index in [2.05, 4.69) is 28.1 Å². The highest BCUT2D eigenvalue weighted by atomic mass is 79.9. The van der Waals surface area contributed by atoms with Gasteiger partial charge < -0.3 is 4.74 Å². The summed E-state index contributed by atoms with van der Waals surface area (Å²) >= 11 is 4.46. The molecule has 2 aromatic carbocycles. The van der Waals surface area contributed by atoms with Gasteiger partial charge in [-0.2, -0.15) is 0 Å². The van der Waals surface area contributed by atoms with Crippen molar-refractivity contribution >= 4 is 44.9 Å². The van der Waals surface area contributed by atoms with Crippen LogP contribution in [0.25, 0.3) is 6.08 Å². The summed E-state index contributed by atoms with van der Waals surface area (Å²) in [5, 5.41) is -0.204. The molecule has 1 fully saturated rings. The van der Waals surface area contributed by atoms with Crippen LogP contribution in [0, 0.1) is 0 Å². The molecule has 1 aliphatic heterocycles. The van der Waals surface area contributed by atoms with E-state index in [0.29, 0.717) is 18.1 Å². The van der Waals surface area contributed by atoms with Gasteiger partial charge in [0.2, 0.25) is 0 Å². The molecule has 0 bridgehead atoms. The molecule has 140 valence electrons. The van der Waals surface area contributed by atoms with Crippen LogP contribution >= 0.6 is 27.7 Å². The molecule has 27 heavy (non-hydrogen) atoms. The molecule has 0 radical (unpaired) electrons. The maximum Gasteiger partial charge on any atom is 0.293 e. The van der Waals surface area contributed by atoms with E-state index in [9.17, 15) is 9.59 Å². The number of hydrogen-bond acceptors (Lipinski definition) is 4. The first kappa shape index (κ1) is 19.7. The maximum absolute atomic E-state index is 12.6. The molecule has 0 aliphatic carbocycles. The van der Waals surface area contributed by atoms with E-state index in [-0.39, 0.29) is 11.1 Å². The van der Waals surface area contributed by atoms with Crippen molar-refractivity contribution in [2.75, 3.05) is 13.2 Å². The summed E-state index contributed by atoms with van der Waals surface area (Å²) in [5.74, 6) is 0.534. The van der Waals surface area contributed by atoms with Gasteiger partial charge in [-0.05, 0) is 76.8 Å². The average Bonchev–Trinajstić information content (AvgIpc) is 2.92. The van der Waals surface area contributed by atoms with Gasteiger partial charge in [0.25, 0.3) is 11.1 Å². The predicted molar refractivity (Wildman–Crippen MR) is 113 cm³/mol. The summed E-state index contributed by atoms with van der Waals surface area (Å²) < 4.78 is 6.32. The monoisotopic (exact) mass is 445 g/mol. The largest absolute Gasteiger partial charge is 0.493 e. The van der Waals surface area contributed by atoms with Gasteiger partial charge in [-0.3, -0.25) is 14.5 Å². The molecular weight excluding hydrogens is 426 g/mol. The minimum absolute atomic E-state index is 0.204. The van der Waals surface area contributed by atoms with Crippen molar-refractivity contribution in [3.05, 3.63) is 69.0 Å². The van der Waals surface area contributed by atoms with Crippen molar-refractivity contribution in [3.63, 3.8) is 0 Å². The van der Waals surface area contributed by atoms with Crippen LogP contribution in [0.1, 0.15) is 24.5 Å². The molecule has 0 spiro atoms. The third-order valence-corrected chi connectivity index (χ3v) is 5.64. The molecule has 4 nitrogen and oxygen atoms in total. The number of hydrogen-bond donors (Lipinski definition) is 0. The Labute approximate surface area is 171 Å². The van der Waals surface area contributed by atoms with Gasteiger partial charge in [-0.25, -0.2) is 0 Å². The van der Waals surface area contributed by atoms with Crippen LogP contribution in [0.3, 0.4) is 0 Å². The number of benzene rings is 2. The molecule has 6 heteroatoms. The molecule has 2 amide bonds. The Hall–Kier alpha value is -2.05. The normalized spacial score (nSPS) is 15.6. The molecule has 2 aromatic rings. The Bertz CT molecular complexity index is 867. The molecule has 1 heterocycles. The van der Waals surface area contributed by atoms with Gasteiger partial charge in [0.1, 0.15) is 5.75 Å². The summed E-state index contributed by atoms with van der Waals surface area (Å²) in [5.41, 5.74) is 2.05. The Balaban J connectivity index is 1.64. The standard InChI is InChI=1S/C21H20BrNO3S/c1-2-26-18-11-10-16(13-17(18)22)14-19-20(24)23(21(25)27-19)12-6-9-15-7-4-3-5-8-15/h3-5,7-8,10-11,13-14H,2,6,9,12H2,1H3/b19-14+. The molecule has 0 aromatic heterocycles. The van der Waals surface area contributed by atoms with Crippen LogP contribution in [-0.4, -0.2) is 29.2 Å². The molecule has 0 N–H and O–H groups in total. The van der Waals surface area contributed by atoms with Crippen molar-refractivity contribution in [1.82, 2.24) is 4.90 Å². The lowest BCUT2D eigenvalue weighted by Gasteiger charge is -2.12. The van der Waals surface area contributed by atoms with Gasteiger partial charge in [-0.1, -0.05) is 36.4 Å². The number of aryl methyl sites for hydroxylation is 1. The number of imide groups is 1. The predicted octanol–water partition coefficient (Wildman–Crippen LogP) is 5.52. The maximum atomic E-state index is 12.6. The second-order valence-electron chi connectivity index (χ2n) is 6.05. The first-order valence-electron chi connectivity index (χ1n) is 8.80. The number of ether oxygens (including phenoxy) is 1. The third kappa shape index (κ3) is 5.02. The van der Waals surface area contributed by atoms with Crippen molar-refractivity contribution in [2.45, 2.75) is 19.8 Å². The summed E-state index contributed by atoms with van der Waals surface area (Å²) in [6.45, 7) is 2.94. The summed E-state index contributed by atoms with van der Waals surface area (Å²) in [7, 11) is 0. The first-order valence-corrected chi connectivity index (χ1v) is 10.4. The Morgan fingerprint density at radius 1 is 1.15 bits per heavy atom. The molecule has 3 rings (SSSR count). The van der Waals surface area contributed by atoms with Gasteiger partial charge in [0, 0.05) is 6.54 Å². The minimum Gasteiger partial charge on any atom is -0.493 e. The molecular formula is C21H20BrNO3S. The topological polar surface area (TPSA) is 46.6 Å². The molecule has 1 saturated heterocycles. The highest BCUT2D eigenvalue weighted by Crippen LogP contribution is 2.34. The van der Waals surface area contributed by atoms with Crippen LogP contribution in [0.4, 0.5) is 4.79 Å². The lowest BCUT2D eigenvalue weighted by atomic mass is 10.1. The molecule has 1 aliphatic rings. The summed E-state index contributed by atoms with van der Waals surface area (Å²) in [4.78, 5) is 26.6. The fraction of sp³-hybridized carbons (Fsp3) is 0.238. The Morgan fingerprint density at radius 2 is 1.93 bits per heavy atom. The van der Waals surface area contributed by atoms with E-state index >= 15 is 0 Å². The summed E-state index contributed by atoms with van der Waals surface area (Å²) in [6.07, 6.45) is 3.35. The lowest BCUT2D eigenvalue weighted by molar-refractivity contribution is -0.122. The van der Waals surface area contributed by atoms with Crippen LogP contribution < -0.4 is 4.74 Å². The number of carbonyl (C=O) groups is 2. The number of carbonyl (C=O) groups excluding carboxylic acids is 2. The van der Waals surface area contributed by atoms with E-state index in [0.717, 1.165) is 40.4 Å². The fourth-order valence-electron chi connectivity index (χ4n) is 2.81. The van der Waals surface area contributed by atoms with E-state index in [1.807, 2.05) is 43.3 Å². The van der Waals surface area contributed by atoms with Gasteiger partial charge >= 0.3 is 0 Å². The van der Waals surface area contributed by atoms with Crippen molar-refractivity contribution < 1.29 is 14.3 Å². The van der Waals surface area contributed by atoms with Crippen LogP contribution in [0.5, 0.6) is 5.75 Å². The van der Waals surface area contributed by atoms with E-state index in [1.54, 1.807) is 6.08 Å². The average molecular weight is 446 g/mol. The Morgan fingerprint density at radius 3 is 2.63 bits per heavy atom. The quantitative estimate of drug-likeness (QED) is 0.526. The highest BCUT2D eigenvalue weighted by molar-refractivity contribution is 9.10. The third-order valence-electron chi connectivity index (χ3n) is 4.12. The van der Waals surface area contributed by atoms with Crippen LogP contribution in [-0.2, 0) is 11.2 Å². The van der Waals surface area contributed by atoms with E-state index in [4.69, 9.17) is 4.74 Å². The minimum atomic E-state index is -0.219. The molecule has 0 unspecified atom stereocenters. The number of amides is 2. The number of rotatable bonds is 7. The smallest absolute Gasteiger partial charge is 0.293 e. The van der Waals surface area contributed by atoms with Crippen molar-refractivity contribution in [3.8, 4) is 5.75 Å². The number of nitrogens with zero attached hydrogens (tertiary/aromatic N) is 1. The Kier molecular flexibility index (Phi) is 6.74. The van der Waals surface area contributed by atoms with Crippen LogP contribution in [0.15, 0.2) is 57.9 Å². The zero-order valence-corrected chi connectivity index (χ0v) is 17.4.